The van der Waals surface area contributed by atoms with Crippen LogP contribution in [0.2, 0.25) is 0 Å². The molecule has 0 radical (unpaired) electrons. The number of aromatic nitrogens is 2. The lowest BCUT2D eigenvalue weighted by atomic mass is 10.1. The Balaban J connectivity index is 1.37. The Kier molecular flexibility index (Phi) is 6.19. The molecule has 5 nitrogen and oxygen atoms in total. The van der Waals surface area contributed by atoms with E-state index in [1.165, 1.54) is 6.07 Å². The predicted molar refractivity (Wildman–Crippen MR) is 104 cm³/mol. The predicted octanol–water partition coefficient (Wildman–Crippen LogP) is 3.04. The van der Waals surface area contributed by atoms with Gasteiger partial charge in [-0.2, -0.15) is 0 Å². The lowest BCUT2D eigenvalue weighted by Gasteiger charge is -2.11. The van der Waals surface area contributed by atoms with Gasteiger partial charge in [-0.05, 0) is 42.7 Å². The van der Waals surface area contributed by atoms with Crippen LogP contribution >= 0.6 is 0 Å². The lowest BCUT2D eigenvalue weighted by Crippen LogP contribution is -2.38. The number of benzene rings is 2. The van der Waals surface area contributed by atoms with Gasteiger partial charge in [0.25, 0.3) is 0 Å². The summed E-state index contributed by atoms with van der Waals surface area (Å²) in [6, 6.07) is 14.7. The molecule has 3 N–H and O–H groups in total. The van der Waals surface area contributed by atoms with Gasteiger partial charge in [0.05, 0.1) is 11.0 Å². The van der Waals surface area contributed by atoms with Crippen LogP contribution in [0, 0.1) is 5.82 Å². The number of para-hydroxylation sites is 2. The van der Waals surface area contributed by atoms with E-state index in [0.29, 0.717) is 6.54 Å². The molecule has 0 bridgehead atoms. The number of hydrogen-bond acceptors (Lipinski definition) is 2. The van der Waals surface area contributed by atoms with E-state index in [1.807, 2.05) is 30.3 Å². The molecule has 1 heterocycles. The van der Waals surface area contributed by atoms with Gasteiger partial charge in [-0.1, -0.05) is 24.3 Å². The van der Waals surface area contributed by atoms with Crippen molar-refractivity contribution in [2.75, 3.05) is 20.1 Å². The van der Waals surface area contributed by atoms with Crippen LogP contribution in [0.1, 0.15) is 17.8 Å². The number of aliphatic imine (C=N–C) groups is 1. The number of hydrogen-bond donors (Lipinski definition) is 3. The molecule has 6 heteroatoms. The Bertz CT molecular complexity index is 838. The quantitative estimate of drug-likeness (QED) is 0.347. The molecule has 0 aliphatic carbocycles. The largest absolute Gasteiger partial charge is 0.356 e. The van der Waals surface area contributed by atoms with Crippen molar-refractivity contribution in [2.24, 2.45) is 4.99 Å². The summed E-state index contributed by atoms with van der Waals surface area (Å²) >= 11 is 0. The lowest BCUT2D eigenvalue weighted by molar-refractivity contribution is 0.625. The molecule has 0 unspecified atom stereocenters. The number of aromatic amines is 1. The third-order valence-corrected chi connectivity index (χ3v) is 4.14. The highest BCUT2D eigenvalue weighted by Gasteiger charge is 2.03. The second-order valence-electron chi connectivity index (χ2n) is 6.11. The molecule has 0 saturated heterocycles. The zero-order valence-electron chi connectivity index (χ0n) is 14.9. The topological polar surface area (TPSA) is 65.1 Å². The molecule has 0 amide bonds. The normalized spacial score (nSPS) is 11.7. The summed E-state index contributed by atoms with van der Waals surface area (Å²) in [5.41, 5.74) is 3.05. The van der Waals surface area contributed by atoms with E-state index >= 15 is 0 Å². The van der Waals surface area contributed by atoms with Crippen LogP contribution in [0.25, 0.3) is 11.0 Å². The highest BCUT2D eigenvalue weighted by atomic mass is 19.1. The van der Waals surface area contributed by atoms with Gasteiger partial charge in [0, 0.05) is 26.6 Å². The van der Waals surface area contributed by atoms with Crippen molar-refractivity contribution in [2.45, 2.75) is 19.3 Å². The summed E-state index contributed by atoms with van der Waals surface area (Å²) in [5, 5.41) is 6.54. The van der Waals surface area contributed by atoms with Gasteiger partial charge in [0.1, 0.15) is 11.6 Å². The first-order valence-electron chi connectivity index (χ1n) is 8.87. The van der Waals surface area contributed by atoms with Crippen LogP contribution in [0.5, 0.6) is 0 Å². The van der Waals surface area contributed by atoms with E-state index in [9.17, 15) is 4.39 Å². The van der Waals surface area contributed by atoms with Gasteiger partial charge in [0.15, 0.2) is 5.96 Å². The number of halogens is 1. The molecule has 0 fully saturated rings. The summed E-state index contributed by atoms with van der Waals surface area (Å²) in [6.07, 6.45) is 2.57. The van der Waals surface area contributed by atoms with E-state index in [-0.39, 0.29) is 5.82 Å². The Morgan fingerprint density at radius 2 is 1.92 bits per heavy atom. The second kappa shape index (κ2) is 8.99. The molecule has 0 atom stereocenters. The maximum Gasteiger partial charge on any atom is 0.190 e. The number of nitrogens with zero attached hydrogens (tertiary/aromatic N) is 2. The van der Waals surface area contributed by atoms with E-state index in [4.69, 9.17) is 0 Å². The van der Waals surface area contributed by atoms with Crippen LogP contribution in [0.15, 0.2) is 53.5 Å². The standard InChI is InChI=1S/C20H24FN5/c1-22-20(24-13-11-15-6-4-7-16(21)14-15)23-12-5-10-19-25-17-8-2-3-9-18(17)26-19/h2-4,6-9,14H,5,10-13H2,1H3,(H,25,26)(H2,22,23,24). The molecule has 0 spiro atoms. The number of nitrogens with one attached hydrogen (secondary N) is 3. The maximum atomic E-state index is 13.2. The number of fused-ring (bicyclic) bond motifs is 1. The smallest absolute Gasteiger partial charge is 0.190 e. The van der Waals surface area contributed by atoms with E-state index in [1.54, 1.807) is 19.2 Å². The zero-order chi connectivity index (χ0) is 18.2. The van der Waals surface area contributed by atoms with Crippen molar-refractivity contribution in [1.82, 2.24) is 20.6 Å². The van der Waals surface area contributed by atoms with Crippen molar-refractivity contribution in [3.63, 3.8) is 0 Å². The molecule has 1 aromatic heterocycles. The van der Waals surface area contributed by atoms with Gasteiger partial charge in [-0.3, -0.25) is 4.99 Å². The first-order valence-corrected chi connectivity index (χ1v) is 8.87. The molecule has 136 valence electrons. The van der Waals surface area contributed by atoms with Crippen LogP contribution in [-0.4, -0.2) is 36.1 Å². The molecule has 26 heavy (non-hydrogen) atoms. The van der Waals surface area contributed by atoms with Crippen LogP contribution < -0.4 is 10.6 Å². The summed E-state index contributed by atoms with van der Waals surface area (Å²) in [6.45, 7) is 1.50. The van der Waals surface area contributed by atoms with Crippen molar-refractivity contribution in [3.8, 4) is 0 Å². The van der Waals surface area contributed by atoms with Crippen molar-refractivity contribution >= 4 is 17.0 Å². The highest BCUT2D eigenvalue weighted by molar-refractivity contribution is 5.79. The second-order valence-corrected chi connectivity index (χ2v) is 6.11. The molecule has 0 aliphatic rings. The molecular weight excluding hydrogens is 329 g/mol. The van der Waals surface area contributed by atoms with Gasteiger partial charge < -0.3 is 15.6 Å². The highest BCUT2D eigenvalue weighted by Crippen LogP contribution is 2.11. The van der Waals surface area contributed by atoms with Gasteiger partial charge >= 0.3 is 0 Å². The van der Waals surface area contributed by atoms with Gasteiger partial charge in [-0.15, -0.1) is 0 Å². The summed E-state index contributed by atoms with van der Waals surface area (Å²) in [4.78, 5) is 12.1. The van der Waals surface area contributed by atoms with Crippen molar-refractivity contribution < 1.29 is 4.39 Å². The van der Waals surface area contributed by atoms with E-state index in [0.717, 1.165) is 54.2 Å². The average Bonchev–Trinajstić information content (AvgIpc) is 3.06. The Hall–Kier alpha value is -2.89. The van der Waals surface area contributed by atoms with Crippen LogP contribution in [-0.2, 0) is 12.8 Å². The number of H-pyrrole nitrogens is 1. The van der Waals surface area contributed by atoms with Gasteiger partial charge in [-0.25, -0.2) is 9.37 Å². The number of imidazole rings is 1. The molecular formula is C20H24FN5. The Morgan fingerprint density at radius 1 is 1.08 bits per heavy atom. The van der Waals surface area contributed by atoms with E-state index in [2.05, 4.69) is 25.6 Å². The van der Waals surface area contributed by atoms with Crippen LogP contribution in [0.4, 0.5) is 4.39 Å². The zero-order valence-corrected chi connectivity index (χ0v) is 14.9. The molecule has 2 aromatic carbocycles. The molecule has 3 aromatic rings. The van der Waals surface area contributed by atoms with Crippen molar-refractivity contribution in [3.05, 3.63) is 65.7 Å². The fourth-order valence-corrected chi connectivity index (χ4v) is 2.82. The first-order chi connectivity index (χ1) is 12.7. The minimum absolute atomic E-state index is 0.199. The third-order valence-electron chi connectivity index (χ3n) is 4.14. The Labute approximate surface area is 152 Å². The molecule has 0 aliphatic heterocycles. The first kappa shape index (κ1) is 17.9. The minimum atomic E-state index is -0.199. The number of aryl methyl sites for hydroxylation is 1. The van der Waals surface area contributed by atoms with E-state index < -0.39 is 0 Å². The Morgan fingerprint density at radius 3 is 2.73 bits per heavy atom. The molecule has 3 rings (SSSR count). The average molecular weight is 353 g/mol. The summed E-state index contributed by atoms with van der Waals surface area (Å²) in [5.74, 6) is 1.56. The molecule has 0 saturated carbocycles. The SMILES string of the molecule is CN=C(NCCCc1nc2ccccc2[nH]1)NCCc1cccc(F)c1. The van der Waals surface area contributed by atoms with Gasteiger partial charge in [0.2, 0.25) is 0 Å². The summed E-state index contributed by atoms with van der Waals surface area (Å²) < 4.78 is 13.2. The third kappa shape index (κ3) is 5.05. The monoisotopic (exact) mass is 353 g/mol. The minimum Gasteiger partial charge on any atom is -0.356 e. The number of rotatable bonds is 7. The maximum absolute atomic E-state index is 13.2. The number of guanidine groups is 1. The van der Waals surface area contributed by atoms with Crippen LogP contribution in [0.3, 0.4) is 0 Å². The fraction of sp³-hybridized carbons (Fsp3) is 0.300. The summed E-state index contributed by atoms with van der Waals surface area (Å²) in [7, 11) is 1.75. The fourth-order valence-electron chi connectivity index (χ4n) is 2.82. The van der Waals surface area contributed by atoms with Crippen molar-refractivity contribution in [1.29, 1.82) is 0 Å².